The minimum absolute atomic E-state index is 0.0407. The van der Waals surface area contributed by atoms with E-state index in [1.54, 1.807) is 6.07 Å². The third kappa shape index (κ3) is 4.58. The number of halogens is 2. The molecule has 0 aliphatic carbocycles. The Morgan fingerprint density at radius 2 is 1.89 bits per heavy atom. The van der Waals surface area contributed by atoms with Crippen molar-refractivity contribution in [1.29, 1.82) is 0 Å². The van der Waals surface area contributed by atoms with Crippen molar-refractivity contribution >= 4 is 33.2 Å². The first-order chi connectivity index (χ1) is 12.9. The molecule has 2 aromatic carbocycles. The highest BCUT2D eigenvalue weighted by Gasteiger charge is 2.29. The number of ether oxygens (including phenoxy) is 1. The maximum absolute atomic E-state index is 13.5. The topological polar surface area (TPSA) is 75.7 Å². The molecule has 0 unspecified atom stereocenters. The number of sulfonamides is 1. The molecular weight excluding hydrogens is 395 g/mol. The van der Waals surface area contributed by atoms with Crippen molar-refractivity contribution in [3.63, 3.8) is 0 Å². The number of hydrogen-bond acceptors (Lipinski definition) is 4. The van der Waals surface area contributed by atoms with Gasteiger partial charge >= 0.3 is 0 Å². The number of nitrogens with zero attached hydrogens (tertiary/aromatic N) is 1. The maximum atomic E-state index is 13.5. The van der Waals surface area contributed by atoms with Gasteiger partial charge in [-0.25, -0.2) is 12.8 Å². The predicted octanol–water partition coefficient (Wildman–Crippen LogP) is 3.28. The summed E-state index contributed by atoms with van der Waals surface area (Å²) in [6.07, 6.45) is 1.61. The van der Waals surface area contributed by atoms with Crippen LogP contribution < -0.4 is 10.1 Å². The number of benzene rings is 2. The minimum Gasteiger partial charge on any atom is -0.481 e. The summed E-state index contributed by atoms with van der Waals surface area (Å²) in [6.45, 7) is 0.481. The summed E-state index contributed by atoms with van der Waals surface area (Å²) in [5, 5.41) is 2.62. The van der Waals surface area contributed by atoms with Crippen LogP contribution in [0.5, 0.6) is 5.75 Å². The lowest BCUT2D eigenvalue weighted by Crippen LogP contribution is -2.28. The second kappa shape index (κ2) is 8.24. The Balaban J connectivity index is 1.70. The lowest BCUT2D eigenvalue weighted by molar-refractivity contribution is -0.118. The van der Waals surface area contributed by atoms with E-state index >= 15 is 0 Å². The van der Waals surface area contributed by atoms with Gasteiger partial charge < -0.3 is 10.1 Å². The number of carbonyl (C=O) groups excluding carboxylic acids is 1. The van der Waals surface area contributed by atoms with Crippen molar-refractivity contribution in [2.75, 3.05) is 25.0 Å². The molecule has 0 bridgehead atoms. The van der Waals surface area contributed by atoms with E-state index in [2.05, 4.69) is 5.32 Å². The van der Waals surface area contributed by atoms with Gasteiger partial charge in [-0.1, -0.05) is 23.7 Å². The molecule has 9 heteroatoms. The van der Waals surface area contributed by atoms with Crippen LogP contribution in [-0.4, -0.2) is 38.3 Å². The lowest BCUT2D eigenvalue weighted by atomic mass is 10.3. The molecule has 1 heterocycles. The van der Waals surface area contributed by atoms with Crippen LogP contribution in [0.15, 0.2) is 47.4 Å². The quantitative estimate of drug-likeness (QED) is 0.790. The van der Waals surface area contributed by atoms with Gasteiger partial charge in [-0.3, -0.25) is 4.79 Å². The zero-order valence-corrected chi connectivity index (χ0v) is 15.9. The molecule has 2 aromatic rings. The van der Waals surface area contributed by atoms with Crippen molar-refractivity contribution in [1.82, 2.24) is 4.31 Å². The summed E-state index contributed by atoms with van der Waals surface area (Å²) in [7, 11) is -3.72. The number of rotatable bonds is 6. The van der Waals surface area contributed by atoms with Gasteiger partial charge in [-0.05, 0) is 43.2 Å². The van der Waals surface area contributed by atoms with E-state index in [0.717, 1.165) is 12.8 Å². The van der Waals surface area contributed by atoms with Gasteiger partial charge in [0.25, 0.3) is 5.91 Å². The van der Waals surface area contributed by atoms with Gasteiger partial charge in [-0.15, -0.1) is 0 Å². The Kier molecular flexibility index (Phi) is 5.98. The number of para-hydroxylation sites is 1. The summed E-state index contributed by atoms with van der Waals surface area (Å²) in [5.74, 6) is -1.16. The number of anilines is 1. The molecule has 1 saturated heterocycles. The summed E-state index contributed by atoms with van der Waals surface area (Å²) in [6, 6.07) is 9.96. The number of hydrogen-bond donors (Lipinski definition) is 1. The van der Waals surface area contributed by atoms with Crippen molar-refractivity contribution in [2.45, 2.75) is 17.7 Å². The van der Waals surface area contributed by atoms with Crippen LogP contribution >= 0.6 is 11.6 Å². The molecule has 1 fully saturated rings. The molecule has 144 valence electrons. The van der Waals surface area contributed by atoms with E-state index in [-0.39, 0.29) is 21.4 Å². The first-order valence-corrected chi connectivity index (χ1v) is 10.2. The SMILES string of the molecule is O=C(COc1ccccc1F)Nc1ccc(Cl)c(S(=O)(=O)N2CCCC2)c1. The zero-order valence-electron chi connectivity index (χ0n) is 14.3. The molecule has 0 spiro atoms. The fourth-order valence-corrected chi connectivity index (χ4v) is 4.77. The summed E-state index contributed by atoms with van der Waals surface area (Å²) in [4.78, 5) is 12.0. The molecule has 0 atom stereocenters. The monoisotopic (exact) mass is 412 g/mol. The highest BCUT2D eigenvalue weighted by molar-refractivity contribution is 7.89. The van der Waals surface area contributed by atoms with E-state index in [9.17, 15) is 17.6 Å². The van der Waals surface area contributed by atoms with Gasteiger partial charge in [0.05, 0.1) is 5.02 Å². The van der Waals surface area contributed by atoms with Crippen LogP contribution in [0.3, 0.4) is 0 Å². The fourth-order valence-electron chi connectivity index (χ4n) is 2.75. The normalized spacial score (nSPS) is 14.9. The Labute approximate surface area is 161 Å². The largest absolute Gasteiger partial charge is 0.481 e. The molecule has 1 amide bonds. The average molecular weight is 413 g/mol. The highest BCUT2D eigenvalue weighted by Crippen LogP contribution is 2.29. The third-order valence-corrected chi connectivity index (χ3v) is 6.47. The number of carbonyl (C=O) groups is 1. The van der Waals surface area contributed by atoms with Gasteiger partial charge in [-0.2, -0.15) is 4.31 Å². The van der Waals surface area contributed by atoms with Gasteiger partial charge in [0, 0.05) is 18.8 Å². The minimum atomic E-state index is -3.72. The van der Waals surface area contributed by atoms with E-state index in [4.69, 9.17) is 16.3 Å². The van der Waals surface area contributed by atoms with Crippen LogP contribution in [0.4, 0.5) is 10.1 Å². The molecule has 0 saturated carbocycles. The maximum Gasteiger partial charge on any atom is 0.262 e. The lowest BCUT2D eigenvalue weighted by Gasteiger charge is -2.17. The van der Waals surface area contributed by atoms with Gasteiger partial charge in [0.2, 0.25) is 10.0 Å². The first kappa shape index (κ1) is 19.6. The van der Waals surface area contributed by atoms with Crippen molar-refractivity contribution in [3.05, 3.63) is 53.3 Å². The van der Waals surface area contributed by atoms with E-state index in [1.165, 1.54) is 40.7 Å². The zero-order chi connectivity index (χ0) is 19.4. The Morgan fingerprint density at radius 3 is 2.59 bits per heavy atom. The fraction of sp³-hybridized carbons (Fsp3) is 0.278. The van der Waals surface area contributed by atoms with Crippen molar-refractivity contribution in [3.8, 4) is 5.75 Å². The second-order valence-corrected chi connectivity index (χ2v) is 8.34. The Bertz CT molecular complexity index is 946. The molecule has 1 aliphatic rings. The standard InChI is InChI=1S/C18H18ClFN2O4S/c19-14-8-7-13(11-17(14)27(24,25)22-9-3-4-10-22)21-18(23)12-26-16-6-2-1-5-15(16)20/h1-2,5-8,11H,3-4,9-10,12H2,(H,21,23). The molecule has 0 radical (unpaired) electrons. The van der Waals surface area contributed by atoms with Gasteiger partial charge in [0.1, 0.15) is 4.90 Å². The van der Waals surface area contributed by atoms with E-state index in [0.29, 0.717) is 13.1 Å². The molecule has 3 rings (SSSR count). The summed E-state index contributed by atoms with van der Waals surface area (Å²) >= 11 is 6.07. The smallest absolute Gasteiger partial charge is 0.262 e. The Morgan fingerprint density at radius 1 is 1.19 bits per heavy atom. The van der Waals surface area contributed by atoms with Crippen LogP contribution in [0, 0.1) is 5.82 Å². The summed E-state index contributed by atoms with van der Waals surface area (Å²) < 4.78 is 45.4. The molecule has 27 heavy (non-hydrogen) atoms. The molecule has 6 nitrogen and oxygen atoms in total. The first-order valence-electron chi connectivity index (χ1n) is 8.35. The predicted molar refractivity (Wildman–Crippen MR) is 100.0 cm³/mol. The molecule has 0 aromatic heterocycles. The number of nitrogens with one attached hydrogen (secondary N) is 1. The van der Waals surface area contributed by atoms with Crippen molar-refractivity contribution in [2.24, 2.45) is 0 Å². The number of amides is 1. The highest BCUT2D eigenvalue weighted by atomic mass is 35.5. The van der Waals surface area contributed by atoms with Gasteiger partial charge in [0.15, 0.2) is 18.2 Å². The average Bonchev–Trinajstić information content (AvgIpc) is 3.18. The van der Waals surface area contributed by atoms with Crippen LogP contribution in [0.2, 0.25) is 5.02 Å². The van der Waals surface area contributed by atoms with Crippen molar-refractivity contribution < 1.29 is 22.3 Å². The summed E-state index contributed by atoms with van der Waals surface area (Å²) in [5.41, 5.74) is 0.263. The second-order valence-electron chi connectivity index (χ2n) is 6.02. The van der Waals surface area contributed by atoms with Crippen LogP contribution in [-0.2, 0) is 14.8 Å². The van der Waals surface area contributed by atoms with E-state index in [1.807, 2.05) is 0 Å². The Hall–Kier alpha value is -2.16. The van der Waals surface area contributed by atoms with E-state index < -0.39 is 28.4 Å². The molecular formula is C18H18ClFN2O4S. The molecule has 1 aliphatic heterocycles. The molecule has 1 N–H and O–H groups in total. The third-order valence-electron chi connectivity index (χ3n) is 4.09. The van der Waals surface area contributed by atoms with Crippen LogP contribution in [0.25, 0.3) is 0 Å². The van der Waals surface area contributed by atoms with Crippen LogP contribution in [0.1, 0.15) is 12.8 Å².